The Bertz CT molecular complexity index is 174. The fourth-order valence-corrected chi connectivity index (χ4v) is 1.16. The molecule has 0 saturated carbocycles. The Kier molecular flexibility index (Phi) is 9.60. The zero-order valence-corrected chi connectivity index (χ0v) is 9.74. The Labute approximate surface area is 92.8 Å². The molecule has 0 radical (unpaired) electrons. The van der Waals surface area contributed by atoms with Gasteiger partial charge in [0.1, 0.15) is 6.10 Å². The van der Waals surface area contributed by atoms with Gasteiger partial charge < -0.3 is 14.6 Å². The van der Waals surface area contributed by atoms with Crippen LogP contribution < -0.4 is 0 Å². The predicted octanol–water partition coefficient (Wildman–Crippen LogP) is 1.45. The van der Waals surface area contributed by atoms with Gasteiger partial charge in [0.05, 0.1) is 13.2 Å². The third-order valence-corrected chi connectivity index (χ3v) is 2.10. The lowest BCUT2D eigenvalue weighted by Crippen LogP contribution is -2.12. The minimum Gasteiger partial charge on any atom is -0.380 e. The first-order valence-corrected chi connectivity index (χ1v) is 5.50. The highest BCUT2D eigenvalue weighted by atomic mass is 16.5. The SMILES string of the molecule is C#C[C@@H](O)CC[C@H](C)COCCOCC. The van der Waals surface area contributed by atoms with E-state index in [9.17, 15) is 0 Å². The number of aliphatic hydroxyl groups excluding tert-OH is 1. The molecule has 3 heteroatoms. The van der Waals surface area contributed by atoms with Gasteiger partial charge in [-0.3, -0.25) is 0 Å². The first kappa shape index (κ1) is 14.4. The van der Waals surface area contributed by atoms with Crippen LogP contribution in [-0.2, 0) is 9.47 Å². The maximum atomic E-state index is 9.15. The van der Waals surface area contributed by atoms with Gasteiger partial charge in [0.25, 0.3) is 0 Å². The van der Waals surface area contributed by atoms with E-state index in [-0.39, 0.29) is 0 Å². The molecule has 0 saturated heterocycles. The van der Waals surface area contributed by atoms with Gasteiger partial charge in [0, 0.05) is 13.2 Å². The second-order valence-electron chi connectivity index (χ2n) is 3.64. The van der Waals surface area contributed by atoms with Crippen molar-refractivity contribution in [1.29, 1.82) is 0 Å². The van der Waals surface area contributed by atoms with Gasteiger partial charge in [-0.25, -0.2) is 0 Å². The van der Waals surface area contributed by atoms with Crippen molar-refractivity contribution < 1.29 is 14.6 Å². The summed E-state index contributed by atoms with van der Waals surface area (Å²) < 4.78 is 10.5. The highest BCUT2D eigenvalue weighted by Crippen LogP contribution is 2.08. The molecular weight excluding hydrogens is 192 g/mol. The van der Waals surface area contributed by atoms with Crippen molar-refractivity contribution >= 4 is 0 Å². The highest BCUT2D eigenvalue weighted by molar-refractivity contribution is 4.92. The molecule has 0 aliphatic heterocycles. The normalized spacial score (nSPS) is 14.5. The number of terminal acetylenes is 1. The lowest BCUT2D eigenvalue weighted by atomic mass is 10.0. The molecule has 0 aromatic rings. The molecule has 0 aliphatic rings. The molecule has 0 unspecified atom stereocenters. The molecule has 0 heterocycles. The van der Waals surface area contributed by atoms with Crippen molar-refractivity contribution in [2.45, 2.75) is 32.8 Å². The summed E-state index contributed by atoms with van der Waals surface area (Å²) in [6.45, 7) is 6.76. The molecule has 1 N–H and O–H groups in total. The Balaban J connectivity index is 3.26. The summed E-state index contributed by atoms with van der Waals surface area (Å²) in [5.41, 5.74) is 0. The molecule has 0 aromatic heterocycles. The van der Waals surface area contributed by atoms with Crippen molar-refractivity contribution in [2.24, 2.45) is 5.92 Å². The molecule has 88 valence electrons. The summed E-state index contributed by atoms with van der Waals surface area (Å²) in [5, 5.41) is 9.15. The van der Waals surface area contributed by atoms with Crippen LogP contribution in [-0.4, -0.2) is 37.6 Å². The third-order valence-electron chi connectivity index (χ3n) is 2.10. The van der Waals surface area contributed by atoms with Crippen LogP contribution in [0, 0.1) is 18.3 Å². The van der Waals surface area contributed by atoms with E-state index in [2.05, 4.69) is 12.8 Å². The van der Waals surface area contributed by atoms with E-state index in [0.29, 0.717) is 32.2 Å². The van der Waals surface area contributed by atoms with Gasteiger partial charge in [0.2, 0.25) is 0 Å². The lowest BCUT2D eigenvalue weighted by Gasteiger charge is -2.12. The Morgan fingerprint density at radius 3 is 2.53 bits per heavy atom. The minimum absolute atomic E-state index is 0.426. The molecule has 0 aromatic carbocycles. The molecule has 2 atom stereocenters. The van der Waals surface area contributed by atoms with E-state index in [1.54, 1.807) is 0 Å². The standard InChI is InChI=1S/C12H22O3/c1-4-12(13)7-6-11(3)10-15-9-8-14-5-2/h1,11-13H,5-10H2,2-3H3/t11-,12+/m0/s1. The average molecular weight is 214 g/mol. The van der Waals surface area contributed by atoms with Crippen molar-refractivity contribution in [3.63, 3.8) is 0 Å². The van der Waals surface area contributed by atoms with E-state index >= 15 is 0 Å². The van der Waals surface area contributed by atoms with Crippen molar-refractivity contribution in [3.05, 3.63) is 0 Å². The van der Waals surface area contributed by atoms with Crippen LogP contribution in [0.25, 0.3) is 0 Å². The Morgan fingerprint density at radius 2 is 1.93 bits per heavy atom. The maximum absolute atomic E-state index is 9.15. The van der Waals surface area contributed by atoms with Crippen molar-refractivity contribution in [1.82, 2.24) is 0 Å². The van der Waals surface area contributed by atoms with Crippen LogP contribution in [0.1, 0.15) is 26.7 Å². The molecule has 15 heavy (non-hydrogen) atoms. The van der Waals surface area contributed by atoms with Crippen LogP contribution in [0.3, 0.4) is 0 Å². The van der Waals surface area contributed by atoms with Crippen LogP contribution in [0.2, 0.25) is 0 Å². The molecule has 0 aliphatic carbocycles. The zero-order valence-electron chi connectivity index (χ0n) is 9.74. The van der Waals surface area contributed by atoms with Crippen molar-refractivity contribution in [3.8, 4) is 12.3 Å². The van der Waals surface area contributed by atoms with Gasteiger partial charge in [-0.05, 0) is 25.7 Å². The molecule has 0 rings (SSSR count). The summed E-state index contributed by atoms with van der Waals surface area (Å²) in [6.07, 6.45) is 5.98. The molecule has 0 bridgehead atoms. The van der Waals surface area contributed by atoms with E-state index in [1.165, 1.54) is 0 Å². The predicted molar refractivity (Wildman–Crippen MR) is 60.5 cm³/mol. The molecule has 0 fully saturated rings. The van der Waals surface area contributed by atoms with Crippen LogP contribution in [0.4, 0.5) is 0 Å². The molecule has 0 spiro atoms. The summed E-state index contributed by atoms with van der Waals surface area (Å²) >= 11 is 0. The monoisotopic (exact) mass is 214 g/mol. The van der Waals surface area contributed by atoms with E-state index in [4.69, 9.17) is 21.0 Å². The second kappa shape index (κ2) is 9.97. The fourth-order valence-electron chi connectivity index (χ4n) is 1.16. The Hall–Kier alpha value is -0.560. The average Bonchev–Trinajstić information content (AvgIpc) is 2.25. The molecular formula is C12H22O3. The number of hydrogen-bond donors (Lipinski definition) is 1. The quantitative estimate of drug-likeness (QED) is 0.466. The number of ether oxygens (including phenoxy) is 2. The summed E-state index contributed by atoms with van der Waals surface area (Å²) in [5.74, 6) is 2.72. The van der Waals surface area contributed by atoms with Gasteiger partial charge in [-0.2, -0.15) is 0 Å². The summed E-state index contributed by atoms with van der Waals surface area (Å²) in [7, 11) is 0. The smallest absolute Gasteiger partial charge is 0.114 e. The molecule has 0 amide bonds. The van der Waals surface area contributed by atoms with E-state index < -0.39 is 6.10 Å². The lowest BCUT2D eigenvalue weighted by molar-refractivity contribution is 0.0371. The third kappa shape index (κ3) is 9.74. The van der Waals surface area contributed by atoms with Crippen molar-refractivity contribution in [2.75, 3.05) is 26.4 Å². The number of rotatable bonds is 9. The molecule has 3 nitrogen and oxygen atoms in total. The Morgan fingerprint density at radius 1 is 1.27 bits per heavy atom. The number of hydrogen-bond acceptors (Lipinski definition) is 3. The van der Waals surface area contributed by atoms with Crippen LogP contribution in [0.5, 0.6) is 0 Å². The van der Waals surface area contributed by atoms with Crippen LogP contribution >= 0.6 is 0 Å². The van der Waals surface area contributed by atoms with Gasteiger partial charge >= 0.3 is 0 Å². The van der Waals surface area contributed by atoms with E-state index in [0.717, 1.165) is 13.0 Å². The summed E-state index contributed by atoms with van der Waals surface area (Å²) in [6, 6.07) is 0. The van der Waals surface area contributed by atoms with Crippen LogP contribution in [0.15, 0.2) is 0 Å². The topological polar surface area (TPSA) is 38.7 Å². The largest absolute Gasteiger partial charge is 0.380 e. The second-order valence-corrected chi connectivity index (χ2v) is 3.64. The first-order chi connectivity index (χ1) is 7.20. The van der Waals surface area contributed by atoms with Gasteiger partial charge in [-0.15, -0.1) is 6.42 Å². The first-order valence-electron chi connectivity index (χ1n) is 5.50. The fraction of sp³-hybridized carbons (Fsp3) is 0.833. The number of aliphatic hydroxyl groups is 1. The zero-order chi connectivity index (χ0) is 11.5. The summed E-state index contributed by atoms with van der Waals surface area (Å²) in [4.78, 5) is 0. The minimum atomic E-state index is -0.615. The maximum Gasteiger partial charge on any atom is 0.114 e. The highest BCUT2D eigenvalue weighted by Gasteiger charge is 2.05. The van der Waals surface area contributed by atoms with Gasteiger partial charge in [0.15, 0.2) is 0 Å². The van der Waals surface area contributed by atoms with E-state index in [1.807, 2.05) is 6.92 Å². The van der Waals surface area contributed by atoms with Gasteiger partial charge in [-0.1, -0.05) is 12.8 Å².